The van der Waals surface area contributed by atoms with Gasteiger partial charge in [-0.1, -0.05) is 72.8 Å². The molecule has 0 fully saturated rings. The van der Waals surface area contributed by atoms with Crippen LogP contribution in [0.1, 0.15) is 62.6 Å². The van der Waals surface area contributed by atoms with Gasteiger partial charge in [0.15, 0.2) is 0 Å². The number of benzene rings is 7. The molecular weight excluding hydrogens is 887 g/mol. The maximum absolute atomic E-state index is 12.3. The number of thioether (sulfide) groups is 2. The average Bonchev–Trinajstić information content (AvgIpc) is 3.34. The molecule has 13 heteroatoms. The van der Waals surface area contributed by atoms with Crippen LogP contribution in [-0.2, 0) is 67.4 Å². The van der Waals surface area contributed by atoms with Gasteiger partial charge in [-0.2, -0.15) is 23.5 Å². The summed E-state index contributed by atoms with van der Waals surface area (Å²) < 4.78 is 43.7. The normalized spacial score (nSPS) is 14.2. The zero-order chi connectivity index (χ0) is 46.0. The van der Waals surface area contributed by atoms with Gasteiger partial charge >= 0.3 is 5.97 Å². The monoisotopic (exact) mass is 933 g/mol. The van der Waals surface area contributed by atoms with E-state index >= 15 is 0 Å². The van der Waals surface area contributed by atoms with Crippen molar-refractivity contribution in [1.29, 1.82) is 0 Å². The molecule has 0 atom stereocenters. The Bertz CT molecular complexity index is 2660. The summed E-state index contributed by atoms with van der Waals surface area (Å²) in [5, 5.41) is 12.0. The van der Waals surface area contributed by atoms with Crippen molar-refractivity contribution < 1.29 is 42.9 Å². The van der Waals surface area contributed by atoms with Crippen LogP contribution in [0.2, 0.25) is 0 Å². The lowest BCUT2D eigenvalue weighted by atomic mass is 10.1. The fourth-order valence-corrected chi connectivity index (χ4v) is 9.51. The lowest BCUT2D eigenvalue weighted by Crippen LogP contribution is -2.11. The van der Waals surface area contributed by atoms with E-state index in [0.29, 0.717) is 60.6 Å². The van der Waals surface area contributed by atoms with E-state index in [9.17, 15) is 14.9 Å². The zero-order valence-electron chi connectivity index (χ0n) is 36.8. The van der Waals surface area contributed by atoms with Crippen molar-refractivity contribution in [2.75, 3.05) is 0 Å². The number of hydrogen-bond acceptors (Lipinski definition) is 12. The Hall–Kier alpha value is -7.09. The minimum atomic E-state index is -0.575. The van der Waals surface area contributed by atoms with Crippen molar-refractivity contribution in [3.05, 3.63) is 211 Å². The number of carbonyl (C=O) groups excluding carboxylic acids is 1. The zero-order valence-corrected chi connectivity index (χ0v) is 38.4. The Balaban J connectivity index is 1.02. The molecular formula is C54H47NO10S2. The Labute approximate surface area is 397 Å². The molecule has 19 rings (SSSR count). The molecule has 7 aromatic rings. The van der Waals surface area contributed by atoms with Crippen LogP contribution in [0.4, 0.5) is 5.69 Å². The lowest BCUT2D eigenvalue weighted by molar-refractivity contribution is -0.385. The maximum Gasteiger partial charge on any atom is 0.308 e. The number of nitro benzene ring substituents is 1. The van der Waals surface area contributed by atoms with Crippen molar-refractivity contribution in [1.82, 2.24) is 0 Å². The minimum absolute atomic E-state index is 0.0946. The number of nitrogens with zero attached hydrogens (tertiary/aromatic N) is 1. The highest BCUT2D eigenvalue weighted by atomic mass is 32.2. The first-order chi connectivity index (χ1) is 32.8. The molecule has 7 aromatic carbocycles. The Morgan fingerprint density at radius 1 is 0.463 bits per heavy atom. The molecule has 11 nitrogen and oxygen atoms in total. The fraction of sp³-hybridized carbons (Fsp3) is 0.204. The Morgan fingerprint density at radius 2 is 0.836 bits per heavy atom. The van der Waals surface area contributed by atoms with Crippen LogP contribution in [0.3, 0.4) is 0 Å². The van der Waals surface area contributed by atoms with E-state index in [4.69, 9.17) is 33.2 Å². The van der Waals surface area contributed by atoms with Crippen molar-refractivity contribution in [3.8, 4) is 40.2 Å². The van der Waals surface area contributed by atoms with Gasteiger partial charge in [0, 0.05) is 64.3 Å². The fourth-order valence-electron chi connectivity index (χ4n) is 7.56. The van der Waals surface area contributed by atoms with Crippen molar-refractivity contribution in [2.24, 2.45) is 0 Å². The molecule has 0 radical (unpaired) electrons. The predicted octanol–water partition coefficient (Wildman–Crippen LogP) is 12.5. The Morgan fingerprint density at radius 3 is 1.21 bits per heavy atom. The third-order valence-electron chi connectivity index (χ3n) is 11.2. The van der Waals surface area contributed by atoms with Gasteiger partial charge in [-0.05, 0) is 94.0 Å². The smallest absolute Gasteiger partial charge is 0.308 e. The molecule has 0 unspecified atom stereocenters. The first-order valence-corrected chi connectivity index (χ1v) is 24.1. The first-order valence-electron chi connectivity index (χ1n) is 21.8. The van der Waals surface area contributed by atoms with Gasteiger partial charge < -0.3 is 33.2 Å². The van der Waals surface area contributed by atoms with Crippen LogP contribution < -0.4 is 33.2 Å². The summed E-state index contributed by atoms with van der Waals surface area (Å²) in [7, 11) is 0. The van der Waals surface area contributed by atoms with Crippen molar-refractivity contribution in [2.45, 2.75) is 69.6 Å². The van der Waals surface area contributed by atoms with Gasteiger partial charge in [-0.15, -0.1) is 0 Å². The molecule has 0 aromatic heterocycles. The second-order valence-corrected chi connectivity index (χ2v) is 18.0. The number of hydrogen-bond donors (Lipinski definition) is 0. The van der Waals surface area contributed by atoms with E-state index in [1.54, 1.807) is 23.5 Å². The highest BCUT2D eigenvalue weighted by molar-refractivity contribution is 7.98. The molecule has 0 N–H and O–H groups in total. The molecule has 340 valence electrons. The summed E-state index contributed by atoms with van der Waals surface area (Å²) in [5.41, 5.74) is 8.87. The molecule has 0 aliphatic carbocycles. The highest BCUT2D eigenvalue weighted by Crippen LogP contribution is 2.37. The molecule has 14 bridgehead atoms. The Kier molecular flexibility index (Phi) is 14.5. The van der Waals surface area contributed by atoms with Crippen LogP contribution in [0.25, 0.3) is 0 Å². The minimum Gasteiger partial charge on any atom is -0.489 e. The van der Waals surface area contributed by atoms with E-state index in [-0.39, 0.29) is 24.7 Å². The molecule has 12 heterocycles. The summed E-state index contributed by atoms with van der Waals surface area (Å²) in [6.07, 6.45) is 0. The molecule has 0 saturated heterocycles. The quantitative estimate of drug-likeness (QED) is 0.0709. The van der Waals surface area contributed by atoms with Gasteiger partial charge in [0.05, 0.1) is 4.92 Å². The van der Waals surface area contributed by atoms with Crippen molar-refractivity contribution >= 4 is 35.2 Å². The van der Waals surface area contributed by atoms with E-state index in [0.717, 1.165) is 67.9 Å². The van der Waals surface area contributed by atoms with Crippen molar-refractivity contribution in [3.63, 3.8) is 0 Å². The molecule has 0 amide bonds. The van der Waals surface area contributed by atoms with Gasteiger partial charge in [0.25, 0.3) is 5.69 Å². The van der Waals surface area contributed by atoms with Gasteiger partial charge in [-0.25, -0.2) is 0 Å². The second-order valence-electron chi connectivity index (χ2n) is 16.1. The van der Waals surface area contributed by atoms with Gasteiger partial charge in [-0.3, -0.25) is 14.9 Å². The summed E-state index contributed by atoms with van der Waals surface area (Å²) in [5.74, 6) is 6.69. The number of ether oxygens (including phenoxy) is 7. The second kappa shape index (κ2) is 21.5. The number of non-ortho nitro benzene ring substituents is 1. The molecule has 0 spiro atoms. The summed E-state index contributed by atoms with van der Waals surface area (Å²) in [6.45, 7) is 2.55. The third kappa shape index (κ3) is 12.0. The number of carbonyl (C=O) groups is 1. The highest BCUT2D eigenvalue weighted by Gasteiger charge is 2.21. The lowest BCUT2D eigenvalue weighted by Gasteiger charge is -2.18. The summed E-state index contributed by atoms with van der Waals surface area (Å²) in [6, 6.07) is 46.7. The molecule has 12 aliphatic rings. The van der Waals surface area contributed by atoms with Crippen LogP contribution in [0, 0.1) is 10.1 Å². The molecule has 67 heavy (non-hydrogen) atoms. The molecule has 12 aliphatic heterocycles. The van der Waals surface area contributed by atoms with Crippen LogP contribution in [-0.4, -0.2) is 10.9 Å². The third-order valence-corrected chi connectivity index (χ3v) is 13.3. The van der Waals surface area contributed by atoms with E-state index in [2.05, 4.69) is 48.5 Å². The van der Waals surface area contributed by atoms with Gasteiger partial charge in [0.2, 0.25) is 0 Å². The van der Waals surface area contributed by atoms with Crippen LogP contribution in [0.5, 0.6) is 40.2 Å². The topological polar surface area (TPSA) is 125 Å². The van der Waals surface area contributed by atoms with Gasteiger partial charge in [0.1, 0.15) is 79.9 Å². The van der Waals surface area contributed by atoms with Crippen LogP contribution in [0.15, 0.2) is 146 Å². The first kappa shape index (κ1) is 45.1. The van der Waals surface area contributed by atoms with E-state index < -0.39 is 10.9 Å². The number of esters is 1. The largest absolute Gasteiger partial charge is 0.489 e. The average molecular weight is 934 g/mol. The number of rotatable bonds is 2. The van der Waals surface area contributed by atoms with E-state index in [1.807, 2.05) is 84.9 Å². The summed E-state index contributed by atoms with van der Waals surface area (Å²) in [4.78, 5) is 23.8. The SMILES string of the molecule is CC(=O)Oc1c2cc([N+](=O)[O-])cc1COc1ccc(cc1)COc1cc3c(cc1CSCc1ccc(cc1)OCc1ccccc1COc1ccc(cc1)CSC3)OCc1ccc(cc1)OC2. The standard InChI is InChI=1S/C54H47NO10S2/c1-36(56)65-54-43-22-47(55(57)58)23-44(54)31-62-49-16-8-38(9-17-49)27-64-53-24-45-34-66-32-39-10-18-50(19-11-39)59-28-41-4-2-3-5-42(41)29-60-51-20-12-40(13-21-51)33-67-35-46(53)25-52(45)63-26-37-6-14-48(15-7-37)61-30-43/h2-25H,26-35H2,1H3. The van der Waals surface area contributed by atoms with Crippen LogP contribution >= 0.6 is 23.5 Å². The maximum atomic E-state index is 12.3. The molecule has 0 saturated carbocycles. The number of nitro groups is 1. The van der Waals surface area contributed by atoms with E-state index in [1.165, 1.54) is 30.2 Å². The predicted molar refractivity (Wildman–Crippen MR) is 259 cm³/mol. The summed E-state index contributed by atoms with van der Waals surface area (Å²) >= 11 is 3.59.